The lowest BCUT2D eigenvalue weighted by Crippen LogP contribution is -2.39. The first-order valence-electron chi connectivity index (χ1n) is 5.51. The van der Waals surface area contributed by atoms with Gasteiger partial charge in [-0.05, 0) is 19.3 Å². The zero-order valence-electron chi connectivity index (χ0n) is 10.2. The minimum absolute atomic E-state index is 0.0276. The first-order valence-corrected chi connectivity index (χ1v) is 5.51. The molecule has 0 aliphatic heterocycles. The van der Waals surface area contributed by atoms with Crippen LogP contribution in [0.5, 0.6) is 0 Å². The van der Waals surface area contributed by atoms with Crippen molar-refractivity contribution in [2.45, 2.75) is 45.7 Å². The minimum Gasteiger partial charge on any atom is -0.385 e. The number of nitrogens with two attached hydrogens (primary N) is 1. The fourth-order valence-corrected chi connectivity index (χ4v) is 1.15. The maximum absolute atomic E-state index is 11.5. The van der Waals surface area contributed by atoms with Gasteiger partial charge in [0.25, 0.3) is 0 Å². The Labute approximate surface area is 92.6 Å². The highest BCUT2D eigenvalue weighted by Crippen LogP contribution is 2.03. The Bertz CT molecular complexity index is 183. The Kier molecular flexibility index (Phi) is 7.34. The molecule has 0 aliphatic rings. The van der Waals surface area contributed by atoms with Crippen LogP contribution < -0.4 is 11.1 Å². The highest BCUT2D eigenvalue weighted by molar-refractivity contribution is 5.76. The van der Waals surface area contributed by atoms with E-state index in [1.165, 1.54) is 0 Å². The highest BCUT2D eigenvalue weighted by Gasteiger charge is 2.14. The van der Waals surface area contributed by atoms with Gasteiger partial charge in [0, 0.05) is 32.2 Å². The Morgan fingerprint density at radius 2 is 2.00 bits per heavy atom. The van der Waals surface area contributed by atoms with Crippen molar-refractivity contribution < 1.29 is 9.53 Å². The van der Waals surface area contributed by atoms with E-state index in [0.717, 1.165) is 6.42 Å². The van der Waals surface area contributed by atoms with E-state index in [2.05, 4.69) is 5.32 Å². The van der Waals surface area contributed by atoms with Crippen LogP contribution in [0.4, 0.5) is 0 Å². The molecule has 15 heavy (non-hydrogen) atoms. The normalized spacial score (nSPS) is 15.1. The molecule has 0 aromatic rings. The maximum Gasteiger partial charge on any atom is 0.221 e. The zero-order chi connectivity index (χ0) is 11.8. The Hall–Kier alpha value is -0.610. The quantitative estimate of drug-likeness (QED) is 0.664. The van der Waals surface area contributed by atoms with E-state index in [9.17, 15) is 4.79 Å². The van der Waals surface area contributed by atoms with Gasteiger partial charge in [-0.25, -0.2) is 0 Å². The van der Waals surface area contributed by atoms with Crippen LogP contribution >= 0.6 is 0 Å². The number of ether oxygens (including phenoxy) is 1. The minimum atomic E-state index is -0.0559. The van der Waals surface area contributed by atoms with E-state index in [-0.39, 0.29) is 18.0 Å². The van der Waals surface area contributed by atoms with Gasteiger partial charge in [-0.1, -0.05) is 13.8 Å². The number of rotatable bonds is 7. The summed E-state index contributed by atoms with van der Waals surface area (Å²) in [6, 6.07) is 0.0939. The molecular formula is C11H24N2O2. The second kappa shape index (κ2) is 7.65. The van der Waals surface area contributed by atoms with Gasteiger partial charge < -0.3 is 15.8 Å². The standard InChI is InChI=1S/C11H24N2O2/c1-8(2)10(12)7-11(14)13-9(3)5-6-15-4/h8-10H,5-7,12H2,1-4H3,(H,13,14). The number of hydrogen-bond donors (Lipinski definition) is 2. The third-order valence-corrected chi connectivity index (χ3v) is 2.44. The second-order valence-corrected chi connectivity index (χ2v) is 4.36. The van der Waals surface area contributed by atoms with Gasteiger partial charge in [-0.3, -0.25) is 4.79 Å². The van der Waals surface area contributed by atoms with Crippen LogP contribution in [-0.2, 0) is 9.53 Å². The molecular weight excluding hydrogens is 192 g/mol. The zero-order valence-corrected chi connectivity index (χ0v) is 10.2. The van der Waals surface area contributed by atoms with Gasteiger partial charge in [0.2, 0.25) is 5.91 Å². The summed E-state index contributed by atoms with van der Waals surface area (Å²) in [7, 11) is 1.66. The van der Waals surface area contributed by atoms with Crippen molar-refractivity contribution in [1.82, 2.24) is 5.32 Å². The fraction of sp³-hybridized carbons (Fsp3) is 0.909. The van der Waals surface area contributed by atoms with Gasteiger partial charge in [0.05, 0.1) is 0 Å². The number of hydrogen-bond acceptors (Lipinski definition) is 3. The summed E-state index contributed by atoms with van der Waals surface area (Å²) in [5.74, 6) is 0.366. The van der Waals surface area contributed by atoms with Gasteiger partial charge in [-0.2, -0.15) is 0 Å². The Balaban J connectivity index is 3.73. The maximum atomic E-state index is 11.5. The molecule has 0 rings (SSSR count). The number of amides is 1. The van der Waals surface area contributed by atoms with Gasteiger partial charge in [0.1, 0.15) is 0 Å². The van der Waals surface area contributed by atoms with Crippen molar-refractivity contribution in [3.63, 3.8) is 0 Å². The lowest BCUT2D eigenvalue weighted by atomic mass is 10.0. The van der Waals surface area contributed by atoms with Crippen LogP contribution in [0.1, 0.15) is 33.6 Å². The molecule has 0 spiro atoms. The largest absolute Gasteiger partial charge is 0.385 e. The van der Waals surface area contributed by atoms with Gasteiger partial charge in [-0.15, -0.1) is 0 Å². The molecule has 90 valence electrons. The molecule has 2 unspecified atom stereocenters. The molecule has 0 aliphatic carbocycles. The van der Waals surface area contributed by atoms with Crippen LogP contribution in [0, 0.1) is 5.92 Å². The second-order valence-electron chi connectivity index (χ2n) is 4.36. The summed E-state index contributed by atoms with van der Waals surface area (Å²) in [5, 5.41) is 2.90. The molecule has 4 nitrogen and oxygen atoms in total. The number of methoxy groups -OCH3 is 1. The lowest BCUT2D eigenvalue weighted by molar-refractivity contribution is -0.122. The van der Waals surface area contributed by atoms with Gasteiger partial charge in [0.15, 0.2) is 0 Å². The van der Waals surface area contributed by atoms with Crippen molar-refractivity contribution in [2.75, 3.05) is 13.7 Å². The molecule has 4 heteroatoms. The van der Waals surface area contributed by atoms with Crippen molar-refractivity contribution in [3.8, 4) is 0 Å². The third kappa shape index (κ3) is 7.33. The SMILES string of the molecule is COCCC(C)NC(=O)CC(N)C(C)C. The van der Waals surface area contributed by atoms with E-state index >= 15 is 0 Å². The van der Waals surface area contributed by atoms with Crippen LogP contribution in [0.25, 0.3) is 0 Å². The molecule has 0 aromatic carbocycles. The van der Waals surface area contributed by atoms with Crippen LogP contribution in [0.3, 0.4) is 0 Å². The summed E-state index contributed by atoms with van der Waals surface area (Å²) in [5.41, 5.74) is 5.81. The molecule has 0 heterocycles. The highest BCUT2D eigenvalue weighted by atomic mass is 16.5. The van der Waals surface area contributed by atoms with Crippen molar-refractivity contribution in [3.05, 3.63) is 0 Å². The molecule has 3 N–H and O–H groups in total. The first-order chi connectivity index (χ1) is 6.97. The van der Waals surface area contributed by atoms with Crippen molar-refractivity contribution >= 4 is 5.91 Å². The smallest absolute Gasteiger partial charge is 0.221 e. The first kappa shape index (κ1) is 14.4. The van der Waals surface area contributed by atoms with Crippen molar-refractivity contribution in [1.29, 1.82) is 0 Å². The predicted molar refractivity (Wildman–Crippen MR) is 61.5 cm³/mol. The topological polar surface area (TPSA) is 64.3 Å². The molecule has 0 bridgehead atoms. The average Bonchev–Trinajstić information content (AvgIpc) is 2.14. The van der Waals surface area contributed by atoms with Crippen molar-refractivity contribution in [2.24, 2.45) is 11.7 Å². The molecule has 0 aromatic heterocycles. The molecule has 2 atom stereocenters. The number of nitrogens with one attached hydrogen (secondary N) is 1. The lowest BCUT2D eigenvalue weighted by Gasteiger charge is -2.18. The van der Waals surface area contributed by atoms with E-state index in [1.807, 2.05) is 20.8 Å². The molecule has 0 fully saturated rings. The molecule has 0 saturated heterocycles. The Morgan fingerprint density at radius 3 is 2.47 bits per heavy atom. The van der Waals surface area contributed by atoms with Crippen LogP contribution in [0.15, 0.2) is 0 Å². The van der Waals surface area contributed by atoms with E-state index in [1.54, 1.807) is 7.11 Å². The predicted octanol–water partition coefficient (Wildman–Crippen LogP) is 0.901. The molecule has 1 amide bonds. The molecule has 0 radical (unpaired) electrons. The van der Waals surface area contributed by atoms with Crippen LogP contribution in [0.2, 0.25) is 0 Å². The summed E-state index contributed by atoms with van der Waals surface area (Å²) < 4.78 is 4.94. The fourth-order valence-electron chi connectivity index (χ4n) is 1.15. The number of carbonyl (C=O) groups excluding carboxylic acids is 1. The van der Waals surface area contributed by atoms with Crippen LogP contribution in [-0.4, -0.2) is 31.7 Å². The molecule has 0 saturated carbocycles. The van der Waals surface area contributed by atoms with E-state index in [0.29, 0.717) is 18.9 Å². The summed E-state index contributed by atoms with van der Waals surface area (Å²) >= 11 is 0. The third-order valence-electron chi connectivity index (χ3n) is 2.44. The number of carbonyl (C=O) groups is 1. The monoisotopic (exact) mass is 216 g/mol. The summed E-state index contributed by atoms with van der Waals surface area (Å²) in [6.45, 7) is 6.67. The van der Waals surface area contributed by atoms with E-state index in [4.69, 9.17) is 10.5 Å². The van der Waals surface area contributed by atoms with E-state index < -0.39 is 0 Å². The van der Waals surface area contributed by atoms with Gasteiger partial charge >= 0.3 is 0 Å². The summed E-state index contributed by atoms with van der Waals surface area (Å²) in [6.07, 6.45) is 1.23. The summed E-state index contributed by atoms with van der Waals surface area (Å²) in [4.78, 5) is 11.5. The average molecular weight is 216 g/mol. The Morgan fingerprint density at radius 1 is 1.40 bits per heavy atom.